The van der Waals surface area contributed by atoms with E-state index in [-0.39, 0.29) is 6.10 Å². The molecule has 0 bridgehead atoms. The van der Waals surface area contributed by atoms with Crippen molar-refractivity contribution in [2.75, 3.05) is 6.61 Å². The molecule has 0 amide bonds. The van der Waals surface area contributed by atoms with Gasteiger partial charge in [-0.3, -0.25) is 0 Å². The Bertz CT molecular complexity index is 102. The first-order valence-corrected chi connectivity index (χ1v) is 4.87. The summed E-state index contributed by atoms with van der Waals surface area (Å²) in [6, 6.07) is 0. The van der Waals surface area contributed by atoms with E-state index in [9.17, 15) is 5.11 Å². The topological polar surface area (TPSA) is 29.5 Å². The fraction of sp³-hybridized carbons (Fsp3) is 1.00. The summed E-state index contributed by atoms with van der Waals surface area (Å²) in [7, 11) is 0. The van der Waals surface area contributed by atoms with Crippen LogP contribution in [0, 0.1) is 5.92 Å². The summed E-state index contributed by atoms with van der Waals surface area (Å²) >= 11 is 0. The molecule has 0 spiro atoms. The van der Waals surface area contributed by atoms with E-state index >= 15 is 0 Å². The van der Waals surface area contributed by atoms with Gasteiger partial charge in [0.15, 0.2) is 0 Å². The van der Waals surface area contributed by atoms with Crippen LogP contribution in [-0.2, 0) is 4.74 Å². The van der Waals surface area contributed by atoms with Crippen molar-refractivity contribution >= 4 is 0 Å². The highest BCUT2D eigenvalue weighted by molar-refractivity contribution is 4.61. The quantitative estimate of drug-likeness (QED) is 0.669. The highest BCUT2D eigenvalue weighted by Crippen LogP contribution is 2.13. The van der Waals surface area contributed by atoms with E-state index in [1.54, 1.807) is 0 Å². The minimum atomic E-state index is -0.196. The Morgan fingerprint density at radius 3 is 2.17 bits per heavy atom. The third-order valence-electron chi connectivity index (χ3n) is 2.30. The minimum Gasteiger partial charge on any atom is -0.393 e. The van der Waals surface area contributed by atoms with E-state index in [1.165, 1.54) is 0 Å². The zero-order valence-corrected chi connectivity index (χ0v) is 8.71. The summed E-state index contributed by atoms with van der Waals surface area (Å²) < 4.78 is 5.39. The van der Waals surface area contributed by atoms with Crippen LogP contribution in [0.5, 0.6) is 0 Å². The Balaban J connectivity index is 3.40. The maximum absolute atomic E-state index is 9.22. The Hall–Kier alpha value is -0.0800. The van der Waals surface area contributed by atoms with Gasteiger partial charge in [-0.05, 0) is 39.5 Å². The van der Waals surface area contributed by atoms with Crippen molar-refractivity contribution in [2.45, 2.75) is 52.7 Å². The van der Waals surface area contributed by atoms with Gasteiger partial charge in [0.1, 0.15) is 0 Å². The highest BCUT2D eigenvalue weighted by atomic mass is 16.5. The van der Waals surface area contributed by atoms with Gasteiger partial charge in [-0.25, -0.2) is 0 Å². The first kappa shape index (κ1) is 11.9. The molecule has 74 valence electrons. The molecule has 0 rings (SSSR count). The third-order valence-corrected chi connectivity index (χ3v) is 2.30. The van der Waals surface area contributed by atoms with Crippen LogP contribution in [-0.4, -0.2) is 23.9 Å². The molecule has 0 radical (unpaired) electrons. The molecule has 0 saturated carbocycles. The van der Waals surface area contributed by atoms with Gasteiger partial charge in [0.2, 0.25) is 0 Å². The van der Waals surface area contributed by atoms with Crippen molar-refractivity contribution in [2.24, 2.45) is 5.92 Å². The summed E-state index contributed by atoms with van der Waals surface area (Å²) in [4.78, 5) is 0. The highest BCUT2D eigenvalue weighted by Gasteiger charge is 2.10. The summed E-state index contributed by atoms with van der Waals surface area (Å²) in [6.45, 7) is 8.79. The second-order valence-electron chi connectivity index (χ2n) is 3.56. The number of hydrogen-bond donors (Lipinski definition) is 1. The number of hydrogen-bond acceptors (Lipinski definition) is 2. The number of rotatable bonds is 6. The van der Waals surface area contributed by atoms with Gasteiger partial charge in [-0.15, -0.1) is 0 Å². The normalized spacial score (nSPS) is 18.8. The van der Waals surface area contributed by atoms with Crippen molar-refractivity contribution in [3.8, 4) is 0 Å². The van der Waals surface area contributed by atoms with Crippen LogP contribution in [0.4, 0.5) is 0 Å². The van der Waals surface area contributed by atoms with Crippen molar-refractivity contribution in [3.05, 3.63) is 0 Å². The fourth-order valence-electron chi connectivity index (χ4n) is 1.11. The summed E-state index contributed by atoms with van der Waals surface area (Å²) in [5, 5.41) is 9.22. The van der Waals surface area contributed by atoms with Crippen LogP contribution in [0.25, 0.3) is 0 Å². The standard InChI is InChI=1S/C10H22O2/c1-5-12-9(3)7-6-8(2)10(4)11/h8-11H,5-7H2,1-4H3. The molecule has 2 heteroatoms. The first-order valence-electron chi connectivity index (χ1n) is 4.87. The molecule has 0 heterocycles. The molecule has 0 fully saturated rings. The Labute approximate surface area is 75.9 Å². The number of ether oxygens (including phenoxy) is 1. The lowest BCUT2D eigenvalue weighted by Crippen LogP contribution is -2.16. The second-order valence-corrected chi connectivity index (χ2v) is 3.56. The molecule has 0 aliphatic carbocycles. The van der Waals surface area contributed by atoms with E-state index in [1.807, 2.05) is 13.8 Å². The summed E-state index contributed by atoms with van der Waals surface area (Å²) in [6.07, 6.45) is 2.22. The molecule has 0 aliphatic rings. The molecule has 0 aliphatic heterocycles. The van der Waals surface area contributed by atoms with Gasteiger partial charge in [-0.2, -0.15) is 0 Å². The van der Waals surface area contributed by atoms with Crippen molar-refractivity contribution in [3.63, 3.8) is 0 Å². The smallest absolute Gasteiger partial charge is 0.0547 e. The predicted octanol–water partition coefficient (Wildman–Crippen LogP) is 2.21. The lowest BCUT2D eigenvalue weighted by molar-refractivity contribution is 0.0563. The van der Waals surface area contributed by atoms with Crippen LogP contribution in [0.15, 0.2) is 0 Å². The zero-order chi connectivity index (χ0) is 9.56. The molecule has 0 aromatic heterocycles. The van der Waals surface area contributed by atoms with Crippen LogP contribution in [0.2, 0.25) is 0 Å². The monoisotopic (exact) mass is 174 g/mol. The van der Waals surface area contributed by atoms with E-state index in [4.69, 9.17) is 4.74 Å². The van der Waals surface area contributed by atoms with Crippen LogP contribution >= 0.6 is 0 Å². The predicted molar refractivity (Wildman–Crippen MR) is 51.2 cm³/mol. The van der Waals surface area contributed by atoms with Gasteiger partial charge < -0.3 is 9.84 Å². The van der Waals surface area contributed by atoms with Crippen molar-refractivity contribution < 1.29 is 9.84 Å². The lowest BCUT2D eigenvalue weighted by Gasteiger charge is -2.17. The molecule has 3 unspecified atom stereocenters. The SMILES string of the molecule is CCOC(C)CCC(C)C(C)O. The molecule has 0 saturated heterocycles. The van der Waals surface area contributed by atoms with Gasteiger partial charge in [0.25, 0.3) is 0 Å². The minimum absolute atomic E-state index is 0.196. The number of aliphatic hydroxyl groups is 1. The van der Waals surface area contributed by atoms with Gasteiger partial charge in [0, 0.05) is 6.61 Å². The Morgan fingerprint density at radius 1 is 1.17 bits per heavy atom. The Morgan fingerprint density at radius 2 is 1.75 bits per heavy atom. The molecule has 1 N–H and O–H groups in total. The molecule has 2 nitrogen and oxygen atoms in total. The first-order chi connectivity index (χ1) is 5.57. The van der Waals surface area contributed by atoms with E-state index in [0.717, 1.165) is 19.4 Å². The molecule has 12 heavy (non-hydrogen) atoms. The van der Waals surface area contributed by atoms with E-state index in [0.29, 0.717) is 12.0 Å². The fourth-order valence-corrected chi connectivity index (χ4v) is 1.11. The summed E-state index contributed by atoms with van der Waals surface area (Å²) in [5.74, 6) is 0.382. The maximum atomic E-state index is 9.22. The zero-order valence-electron chi connectivity index (χ0n) is 8.71. The van der Waals surface area contributed by atoms with Crippen molar-refractivity contribution in [1.82, 2.24) is 0 Å². The van der Waals surface area contributed by atoms with E-state index < -0.39 is 0 Å². The Kier molecular flexibility index (Phi) is 6.39. The summed E-state index contributed by atoms with van der Waals surface area (Å²) in [5.41, 5.74) is 0. The molecular weight excluding hydrogens is 152 g/mol. The molecule has 0 aromatic carbocycles. The van der Waals surface area contributed by atoms with Gasteiger partial charge in [0.05, 0.1) is 12.2 Å². The molecule has 0 aromatic rings. The third kappa shape index (κ3) is 5.56. The maximum Gasteiger partial charge on any atom is 0.0547 e. The van der Waals surface area contributed by atoms with Crippen molar-refractivity contribution in [1.29, 1.82) is 0 Å². The van der Waals surface area contributed by atoms with Crippen LogP contribution < -0.4 is 0 Å². The van der Waals surface area contributed by atoms with Gasteiger partial charge in [-0.1, -0.05) is 6.92 Å². The average Bonchev–Trinajstić information content (AvgIpc) is 2.00. The largest absolute Gasteiger partial charge is 0.393 e. The molecule has 3 atom stereocenters. The van der Waals surface area contributed by atoms with Crippen LogP contribution in [0.1, 0.15) is 40.5 Å². The number of aliphatic hydroxyl groups excluding tert-OH is 1. The second kappa shape index (κ2) is 6.44. The lowest BCUT2D eigenvalue weighted by atomic mass is 9.99. The van der Waals surface area contributed by atoms with E-state index in [2.05, 4.69) is 13.8 Å². The van der Waals surface area contributed by atoms with Crippen LogP contribution in [0.3, 0.4) is 0 Å². The molecular formula is C10H22O2. The average molecular weight is 174 g/mol. The van der Waals surface area contributed by atoms with Gasteiger partial charge >= 0.3 is 0 Å².